The van der Waals surface area contributed by atoms with Gasteiger partial charge < -0.3 is 9.47 Å². The summed E-state index contributed by atoms with van der Waals surface area (Å²) in [4.78, 5) is 0. The molecule has 0 aromatic heterocycles. The first-order valence-corrected chi connectivity index (χ1v) is 5.64. The average Bonchev–Trinajstić information content (AvgIpc) is 2.14. The van der Waals surface area contributed by atoms with Crippen LogP contribution in [0.4, 0.5) is 3.89 Å². The standard InChI is InChI=1S/C9H11FO4S/c1-13-8-3-7(6-15(10,11)12)4-9(5-8)14-2/h3-5H,6H2,1-2H3. The Kier molecular flexibility index (Phi) is 3.52. The minimum Gasteiger partial charge on any atom is -0.497 e. The Morgan fingerprint density at radius 3 is 1.93 bits per heavy atom. The lowest BCUT2D eigenvalue weighted by Gasteiger charge is -2.06. The van der Waals surface area contributed by atoms with E-state index in [4.69, 9.17) is 9.47 Å². The molecular formula is C9H11FO4S. The topological polar surface area (TPSA) is 52.6 Å². The fourth-order valence-corrected chi connectivity index (χ4v) is 1.71. The number of benzene rings is 1. The highest BCUT2D eigenvalue weighted by atomic mass is 32.3. The van der Waals surface area contributed by atoms with Gasteiger partial charge in [0.2, 0.25) is 0 Å². The molecule has 1 aromatic rings. The molecule has 0 aliphatic carbocycles. The van der Waals surface area contributed by atoms with Crippen molar-refractivity contribution < 1.29 is 21.8 Å². The number of hydrogen-bond donors (Lipinski definition) is 0. The van der Waals surface area contributed by atoms with Gasteiger partial charge in [-0.1, -0.05) is 0 Å². The van der Waals surface area contributed by atoms with Crippen molar-refractivity contribution >= 4 is 10.2 Å². The van der Waals surface area contributed by atoms with Crippen molar-refractivity contribution in [1.82, 2.24) is 0 Å². The van der Waals surface area contributed by atoms with Crippen LogP contribution in [-0.2, 0) is 16.0 Å². The first kappa shape index (κ1) is 11.8. The molecule has 0 N–H and O–H groups in total. The Morgan fingerprint density at radius 2 is 1.60 bits per heavy atom. The zero-order valence-electron chi connectivity index (χ0n) is 8.36. The van der Waals surface area contributed by atoms with Crippen LogP contribution in [0.25, 0.3) is 0 Å². The molecule has 1 rings (SSSR count). The molecule has 15 heavy (non-hydrogen) atoms. The van der Waals surface area contributed by atoms with Crippen LogP contribution in [0.3, 0.4) is 0 Å². The lowest BCUT2D eigenvalue weighted by molar-refractivity contribution is 0.393. The van der Waals surface area contributed by atoms with Crippen LogP contribution in [0.15, 0.2) is 18.2 Å². The summed E-state index contributed by atoms with van der Waals surface area (Å²) in [5.74, 6) is 0.168. The number of hydrogen-bond acceptors (Lipinski definition) is 4. The smallest absolute Gasteiger partial charge is 0.306 e. The second-order valence-corrected chi connectivity index (χ2v) is 4.27. The van der Waals surface area contributed by atoms with Gasteiger partial charge in [0.15, 0.2) is 0 Å². The third-order valence-electron chi connectivity index (χ3n) is 1.75. The van der Waals surface area contributed by atoms with E-state index in [1.54, 1.807) is 6.07 Å². The second-order valence-electron chi connectivity index (χ2n) is 2.90. The van der Waals surface area contributed by atoms with E-state index in [2.05, 4.69) is 0 Å². The number of methoxy groups -OCH3 is 2. The number of rotatable bonds is 4. The van der Waals surface area contributed by atoms with Crippen molar-refractivity contribution in [3.05, 3.63) is 23.8 Å². The molecule has 0 heterocycles. The monoisotopic (exact) mass is 234 g/mol. The van der Waals surface area contributed by atoms with Crippen LogP contribution in [0, 0.1) is 0 Å². The summed E-state index contributed by atoms with van der Waals surface area (Å²) in [6.07, 6.45) is 0. The zero-order valence-corrected chi connectivity index (χ0v) is 9.17. The Bertz CT molecular complexity index is 419. The molecule has 0 saturated carbocycles. The number of ether oxygens (including phenoxy) is 2. The molecule has 0 bridgehead atoms. The van der Waals surface area contributed by atoms with Gasteiger partial charge in [-0.3, -0.25) is 0 Å². The van der Waals surface area contributed by atoms with Crippen LogP contribution < -0.4 is 9.47 Å². The molecule has 0 unspecified atom stereocenters. The van der Waals surface area contributed by atoms with Gasteiger partial charge in [0.05, 0.1) is 14.2 Å². The minimum atomic E-state index is -4.54. The van der Waals surface area contributed by atoms with Crippen molar-refractivity contribution in [3.8, 4) is 11.5 Å². The summed E-state index contributed by atoms with van der Waals surface area (Å²) >= 11 is 0. The van der Waals surface area contributed by atoms with Gasteiger partial charge in [0, 0.05) is 6.07 Å². The predicted octanol–water partition coefficient (Wildman–Crippen LogP) is 1.50. The minimum absolute atomic E-state index is 0.286. The Labute approximate surface area is 87.8 Å². The molecule has 1 aromatic carbocycles. The first-order valence-electron chi connectivity index (χ1n) is 4.09. The van der Waals surface area contributed by atoms with Gasteiger partial charge in [-0.2, -0.15) is 8.42 Å². The van der Waals surface area contributed by atoms with Crippen LogP contribution in [-0.4, -0.2) is 22.6 Å². The summed E-state index contributed by atoms with van der Waals surface area (Å²) in [6.45, 7) is 0. The Morgan fingerprint density at radius 1 is 1.13 bits per heavy atom. The highest BCUT2D eigenvalue weighted by molar-refractivity contribution is 7.85. The van der Waals surface area contributed by atoms with E-state index < -0.39 is 16.0 Å². The lowest BCUT2D eigenvalue weighted by Crippen LogP contribution is -1.97. The van der Waals surface area contributed by atoms with Crippen molar-refractivity contribution in [3.63, 3.8) is 0 Å². The second kappa shape index (κ2) is 4.48. The van der Waals surface area contributed by atoms with Crippen molar-refractivity contribution in [2.24, 2.45) is 0 Å². The Hall–Kier alpha value is -1.30. The SMILES string of the molecule is COc1cc(CS(=O)(=O)F)cc(OC)c1. The average molecular weight is 234 g/mol. The molecule has 0 saturated heterocycles. The van der Waals surface area contributed by atoms with Crippen molar-refractivity contribution in [1.29, 1.82) is 0 Å². The highest BCUT2D eigenvalue weighted by Gasteiger charge is 2.11. The van der Waals surface area contributed by atoms with E-state index in [0.717, 1.165) is 0 Å². The van der Waals surface area contributed by atoms with Crippen molar-refractivity contribution in [2.75, 3.05) is 14.2 Å². The van der Waals surface area contributed by atoms with Gasteiger partial charge in [-0.25, -0.2) is 0 Å². The van der Waals surface area contributed by atoms with Gasteiger partial charge in [-0.05, 0) is 17.7 Å². The molecule has 84 valence electrons. The number of halogens is 1. The van der Waals surface area contributed by atoms with Gasteiger partial charge in [0.1, 0.15) is 17.3 Å². The molecular weight excluding hydrogens is 223 g/mol. The maximum absolute atomic E-state index is 12.4. The Balaban J connectivity index is 3.07. The quantitative estimate of drug-likeness (QED) is 0.741. The maximum Gasteiger partial charge on any atom is 0.306 e. The first-order chi connectivity index (χ1) is 6.94. The molecule has 0 aliphatic rings. The molecule has 0 amide bonds. The van der Waals surface area contributed by atoms with Gasteiger partial charge in [-0.15, -0.1) is 3.89 Å². The van der Waals surface area contributed by atoms with E-state index in [0.29, 0.717) is 11.5 Å². The lowest BCUT2D eigenvalue weighted by atomic mass is 10.2. The zero-order chi connectivity index (χ0) is 11.5. The molecule has 6 heteroatoms. The third-order valence-corrected chi connectivity index (χ3v) is 2.43. The van der Waals surface area contributed by atoms with Gasteiger partial charge >= 0.3 is 10.2 Å². The molecule has 0 aliphatic heterocycles. The molecule has 4 nitrogen and oxygen atoms in total. The summed E-state index contributed by atoms with van der Waals surface area (Å²) in [6, 6.07) is 4.47. The molecule has 0 atom stereocenters. The third kappa shape index (κ3) is 3.75. The summed E-state index contributed by atoms with van der Waals surface area (Å²) in [7, 11) is -1.67. The van der Waals surface area contributed by atoms with Crippen LogP contribution in [0.1, 0.15) is 5.56 Å². The van der Waals surface area contributed by atoms with E-state index >= 15 is 0 Å². The van der Waals surface area contributed by atoms with E-state index in [1.807, 2.05) is 0 Å². The van der Waals surface area contributed by atoms with Crippen LogP contribution in [0.5, 0.6) is 11.5 Å². The largest absolute Gasteiger partial charge is 0.497 e. The van der Waals surface area contributed by atoms with Gasteiger partial charge in [0.25, 0.3) is 0 Å². The summed E-state index contributed by atoms with van der Waals surface area (Å²) in [5, 5.41) is 0. The van der Waals surface area contributed by atoms with E-state index in [1.165, 1.54) is 26.4 Å². The van der Waals surface area contributed by atoms with Crippen LogP contribution in [0.2, 0.25) is 0 Å². The summed E-state index contributed by atoms with van der Waals surface area (Å²) in [5.41, 5.74) is 0.286. The molecule has 0 spiro atoms. The normalized spacial score (nSPS) is 11.1. The summed E-state index contributed by atoms with van der Waals surface area (Å²) < 4.78 is 43.2. The maximum atomic E-state index is 12.4. The molecule has 0 radical (unpaired) electrons. The van der Waals surface area contributed by atoms with E-state index in [-0.39, 0.29) is 5.56 Å². The fourth-order valence-electron chi connectivity index (χ4n) is 1.15. The fraction of sp³-hybridized carbons (Fsp3) is 0.333. The van der Waals surface area contributed by atoms with Crippen molar-refractivity contribution in [2.45, 2.75) is 5.75 Å². The highest BCUT2D eigenvalue weighted by Crippen LogP contribution is 2.23. The predicted molar refractivity (Wildman–Crippen MR) is 53.3 cm³/mol. The molecule has 0 fully saturated rings. The van der Waals surface area contributed by atoms with Crippen LogP contribution >= 0.6 is 0 Å². The van der Waals surface area contributed by atoms with E-state index in [9.17, 15) is 12.3 Å².